The molecule has 0 aliphatic carbocycles. The van der Waals surface area contributed by atoms with Crippen LogP contribution in [0.2, 0.25) is 0 Å². The summed E-state index contributed by atoms with van der Waals surface area (Å²) in [5, 5.41) is 2.85. The summed E-state index contributed by atoms with van der Waals surface area (Å²) < 4.78 is 0. The lowest BCUT2D eigenvalue weighted by atomic mass is 10.0. The number of carbonyl (C=O) groups is 2. The molecular weight excluding hydrogens is 394 g/mol. The number of aryl methyl sites for hydroxylation is 1. The van der Waals surface area contributed by atoms with Crippen molar-refractivity contribution in [3.8, 4) is 0 Å². The van der Waals surface area contributed by atoms with E-state index < -0.39 is 0 Å². The van der Waals surface area contributed by atoms with E-state index in [0.29, 0.717) is 0 Å². The predicted octanol–water partition coefficient (Wildman–Crippen LogP) is 4.31. The average Bonchev–Trinajstić information content (AvgIpc) is 2.77. The Morgan fingerprint density at radius 1 is 0.967 bits per heavy atom. The van der Waals surface area contributed by atoms with Crippen molar-refractivity contribution in [2.75, 3.05) is 23.9 Å². The minimum atomic E-state index is -0.276. The van der Waals surface area contributed by atoms with Gasteiger partial charge in [0.05, 0.1) is 23.2 Å². The summed E-state index contributed by atoms with van der Waals surface area (Å²) in [6, 6.07) is 22.9. The number of nitrogens with one attached hydrogen (secondary N) is 1. The summed E-state index contributed by atoms with van der Waals surface area (Å²) in [7, 11) is 1.78. The first kappa shape index (κ1) is 21.6. The second kappa shape index (κ2) is 10.6. The van der Waals surface area contributed by atoms with Crippen LogP contribution >= 0.6 is 11.8 Å². The van der Waals surface area contributed by atoms with E-state index in [1.807, 2.05) is 79.7 Å². The van der Waals surface area contributed by atoms with E-state index in [1.54, 1.807) is 18.1 Å². The second-order valence-electron chi connectivity index (χ2n) is 6.98. The zero-order valence-electron chi connectivity index (χ0n) is 17.1. The Morgan fingerprint density at radius 2 is 1.67 bits per heavy atom. The van der Waals surface area contributed by atoms with E-state index >= 15 is 0 Å². The highest BCUT2D eigenvalue weighted by Crippen LogP contribution is 2.26. The van der Waals surface area contributed by atoms with Crippen molar-refractivity contribution in [2.24, 2.45) is 0 Å². The molecule has 0 saturated carbocycles. The Kier molecular flexibility index (Phi) is 7.63. The van der Waals surface area contributed by atoms with Gasteiger partial charge >= 0.3 is 0 Å². The molecular formula is C24H25N3O2S. The SMILES string of the molecule is Cc1ccc(NC(=O)CSCC(=O)N(C)C(c2ccccc2)c2ccccn2)cc1. The number of carbonyl (C=O) groups excluding carboxylic acids is 2. The number of pyridine rings is 1. The molecule has 3 aromatic rings. The molecule has 1 aromatic heterocycles. The highest BCUT2D eigenvalue weighted by atomic mass is 32.2. The van der Waals surface area contributed by atoms with E-state index in [-0.39, 0.29) is 29.4 Å². The quantitative estimate of drug-likeness (QED) is 0.591. The number of amides is 2. The lowest BCUT2D eigenvalue weighted by Crippen LogP contribution is -2.34. The molecule has 0 spiro atoms. The maximum absolute atomic E-state index is 12.9. The van der Waals surface area contributed by atoms with E-state index in [0.717, 1.165) is 22.5 Å². The molecule has 1 N–H and O–H groups in total. The van der Waals surface area contributed by atoms with Crippen molar-refractivity contribution >= 4 is 29.3 Å². The summed E-state index contributed by atoms with van der Waals surface area (Å²) in [5.74, 6) is 0.257. The van der Waals surface area contributed by atoms with Gasteiger partial charge in [-0.15, -0.1) is 11.8 Å². The van der Waals surface area contributed by atoms with Gasteiger partial charge in [-0.05, 0) is 36.8 Å². The Hall–Kier alpha value is -3.12. The molecule has 1 unspecified atom stereocenters. The third-order valence-electron chi connectivity index (χ3n) is 4.66. The van der Waals surface area contributed by atoms with Crippen LogP contribution in [0.25, 0.3) is 0 Å². The second-order valence-corrected chi connectivity index (χ2v) is 7.97. The number of aromatic nitrogens is 1. The fourth-order valence-corrected chi connectivity index (χ4v) is 3.81. The number of rotatable bonds is 8. The molecule has 30 heavy (non-hydrogen) atoms. The summed E-state index contributed by atoms with van der Waals surface area (Å²) in [6.07, 6.45) is 1.73. The van der Waals surface area contributed by atoms with Gasteiger partial charge in [-0.2, -0.15) is 0 Å². The first-order valence-electron chi connectivity index (χ1n) is 9.70. The zero-order valence-corrected chi connectivity index (χ0v) is 17.9. The molecule has 5 nitrogen and oxygen atoms in total. The van der Waals surface area contributed by atoms with Gasteiger partial charge in [0.15, 0.2) is 0 Å². The topological polar surface area (TPSA) is 62.3 Å². The predicted molar refractivity (Wildman–Crippen MR) is 122 cm³/mol. The minimum absolute atomic E-state index is 0.0531. The van der Waals surface area contributed by atoms with E-state index in [4.69, 9.17) is 0 Å². The molecule has 0 aliphatic rings. The minimum Gasteiger partial charge on any atom is -0.332 e. The van der Waals surface area contributed by atoms with Crippen LogP contribution in [-0.2, 0) is 9.59 Å². The van der Waals surface area contributed by atoms with Crippen LogP contribution in [0.5, 0.6) is 0 Å². The van der Waals surface area contributed by atoms with Gasteiger partial charge in [0.2, 0.25) is 11.8 Å². The molecule has 0 radical (unpaired) electrons. The summed E-state index contributed by atoms with van der Waals surface area (Å²) in [5.41, 5.74) is 3.70. The van der Waals surface area contributed by atoms with Gasteiger partial charge < -0.3 is 10.2 Å². The van der Waals surface area contributed by atoms with Crippen LogP contribution in [0.4, 0.5) is 5.69 Å². The van der Waals surface area contributed by atoms with Crippen molar-refractivity contribution in [3.05, 3.63) is 95.8 Å². The zero-order chi connectivity index (χ0) is 21.3. The normalized spacial score (nSPS) is 11.5. The first-order valence-corrected chi connectivity index (χ1v) is 10.9. The maximum atomic E-state index is 12.9. The molecule has 2 amide bonds. The summed E-state index contributed by atoms with van der Waals surface area (Å²) in [4.78, 5) is 31.2. The van der Waals surface area contributed by atoms with Gasteiger partial charge in [-0.25, -0.2) is 0 Å². The molecule has 0 fully saturated rings. The molecule has 0 bridgehead atoms. The van der Waals surface area contributed by atoms with E-state index in [9.17, 15) is 9.59 Å². The number of benzene rings is 2. The monoisotopic (exact) mass is 419 g/mol. The van der Waals surface area contributed by atoms with E-state index in [2.05, 4.69) is 10.3 Å². The van der Waals surface area contributed by atoms with Gasteiger partial charge in [0.25, 0.3) is 0 Å². The largest absolute Gasteiger partial charge is 0.332 e. The smallest absolute Gasteiger partial charge is 0.234 e. The van der Waals surface area contributed by atoms with Crippen molar-refractivity contribution in [3.63, 3.8) is 0 Å². The molecule has 0 aliphatic heterocycles. The van der Waals surface area contributed by atoms with Crippen molar-refractivity contribution in [1.82, 2.24) is 9.88 Å². The molecule has 1 heterocycles. The Bertz CT molecular complexity index is 923. The fourth-order valence-electron chi connectivity index (χ4n) is 3.08. The number of anilines is 1. The van der Waals surface area contributed by atoms with Crippen LogP contribution in [0.15, 0.2) is 79.0 Å². The third kappa shape index (κ3) is 5.94. The van der Waals surface area contributed by atoms with Crippen LogP contribution < -0.4 is 5.32 Å². The van der Waals surface area contributed by atoms with Crippen LogP contribution in [-0.4, -0.2) is 40.3 Å². The third-order valence-corrected chi connectivity index (χ3v) is 5.58. The molecule has 6 heteroatoms. The van der Waals surface area contributed by atoms with Crippen molar-refractivity contribution in [1.29, 1.82) is 0 Å². The number of hydrogen-bond donors (Lipinski definition) is 1. The van der Waals surface area contributed by atoms with Crippen molar-refractivity contribution < 1.29 is 9.59 Å². The van der Waals surface area contributed by atoms with Gasteiger partial charge in [-0.1, -0.05) is 54.1 Å². The fraction of sp³-hybridized carbons (Fsp3) is 0.208. The highest BCUT2D eigenvalue weighted by Gasteiger charge is 2.24. The Balaban J connectivity index is 1.59. The lowest BCUT2D eigenvalue weighted by molar-refractivity contribution is -0.128. The molecule has 2 aromatic carbocycles. The average molecular weight is 420 g/mol. The Labute approximate surface area is 181 Å². The maximum Gasteiger partial charge on any atom is 0.234 e. The molecule has 154 valence electrons. The van der Waals surface area contributed by atoms with Gasteiger partial charge in [0, 0.05) is 18.9 Å². The van der Waals surface area contributed by atoms with Gasteiger partial charge in [-0.3, -0.25) is 14.6 Å². The standard InChI is InChI=1S/C24H25N3O2S/c1-18-11-13-20(14-12-18)26-22(28)16-30-17-23(29)27(2)24(19-8-4-3-5-9-19)21-10-6-7-15-25-21/h3-15,24H,16-17H2,1-2H3,(H,26,28). The van der Waals surface area contributed by atoms with E-state index in [1.165, 1.54) is 11.8 Å². The lowest BCUT2D eigenvalue weighted by Gasteiger charge is -2.28. The number of thioether (sulfide) groups is 1. The van der Waals surface area contributed by atoms with Crippen LogP contribution in [0, 0.1) is 6.92 Å². The van der Waals surface area contributed by atoms with Crippen LogP contribution in [0.1, 0.15) is 22.9 Å². The highest BCUT2D eigenvalue weighted by molar-refractivity contribution is 8.00. The molecule has 0 saturated heterocycles. The van der Waals surface area contributed by atoms with Gasteiger partial charge in [0.1, 0.15) is 0 Å². The van der Waals surface area contributed by atoms with Crippen LogP contribution in [0.3, 0.4) is 0 Å². The summed E-state index contributed by atoms with van der Waals surface area (Å²) >= 11 is 1.30. The molecule has 1 atom stereocenters. The number of hydrogen-bond acceptors (Lipinski definition) is 4. The summed E-state index contributed by atoms with van der Waals surface area (Å²) in [6.45, 7) is 2.00. The first-order chi connectivity index (χ1) is 14.5. The number of nitrogens with zero attached hydrogens (tertiary/aromatic N) is 2. The molecule has 3 rings (SSSR count). The van der Waals surface area contributed by atoms with Crippen molar-refractivity contribution in [2.45, 2.75) is 13.0 Å². The Morgan fingerprint density at radius 3 is 2.33 bits per heavy atom.